The molecule has 0 radical (unpaired) electrons. The smallest absolute Gasteiger partial charge is 0.404 e. The van der Waals surface area contributed by atoms with Gasteiger partial charge in [-0.25, -0.2) is 4.79 Å². The van der Waals surface area contributed by atoms with Crippen molar-refractivity contribution in [3.8, 4) is 0 Å². The maximum atomic E-state index is 11.8. The Hall–Kier alpha value is -0.850. The Kier molecular flexibility index (Phi) is 7.12. The van der Waals surface area contributed by atoms with Gasteiger partial charge >= 0.3 is 11.4 Å². The number of halogens is 1. The molecule has 0 saturated heterocycles. The van der Waals surface area contributed by atoms with Crippen LogP contribution in [0, 0.1) is 46.3 Å². The number of aliphatic hydroxyl groups excluding tert-OH is 2. The van der Waals surface area contributed by atoms with Crippen LogP contribution < -0.4 is 0 Å². The monoisotopic (exact) mass is 484 g/mol. The highest BCUT2D eigenvalue weighted by Gasteiger charge is 2.68. The molecule has 188 valence electrons. The van der Waals surface area contributed by atoms with Crippen molar-refractivity contribution in [2.45, 2.75) is 96.9 Å². The fourth-order valence-electron chi connectivity index (χ4n) is 9.12. The third kappa shape index (κ3) is 4.12. The molecule has 0 aromatic carbocycles. The van der Waals surface area contributed by atoms with E-state index in [1.54, 1.807) is 0 Å². The van der Waals surface area contributed by atoms with Crippen LogP contribution in [-0.2, 0) is 14.3 Å². The van der Waals surface area contributed by atoms with E-state index in [-0.39, 0.29) is 47.4 Å². The summed E-state index contributed by atoms with van der Waals surface area (Å²) in [6.45, 7) is 6.56. The van der Waals surface area contributed by atoms with Crippen LogP contribution in [0.1, 0.15) is 78.6 Å². The highest BCUT2D eigenvalue weighted by atomic mass is 35.5. The Bertz CT molecular complexity index is 759. The van der Waals surface area contributed by atoms with Gasteiger partial charge in [0.2, 0.25) is 0 Å². The van der Waals surface area contributed by atoms with Gasteiger partial charge in [0, 0.05) is 29.4 Å². The SMILES string of the molecule is COC(=O)CC[C@@H](C)[C@H]1C(OC(=O)Cl)C[C@H]2[C@@H]3C(O)CC4CCCC[C@]4(C)[C@H]3CC(O)[C@]12C. The zero-order valence-electron chi connectivity index (χ0n) is 20.5. The Morgan fingerprint density at radius 3 is 2.52 bits per heavy atom. The molecule has 0 amide bonds. The lowest BCUT2D eigenvalue weighted by Gasteiger charge is -2.63. The molecule has 0 aliphatic heterocycles. The maximum absolute atomic E-state index is 11.8. The van der Waals surface area contributed by atoms with Crippen LogP contribution in [0.4, 0.5) is 4.79 Å². The van der Waals surface area contributed by atoms with Gasteiger partial charge in [-0.2, -0.15) is 0 Å². The van der Waals surface area contributed by atoms with Crippen LogP contribution in [0.3, 0.4) is 0 Å². The molecule has 4 unspecified atom stereocenters. The minimum Gasteiger partial charge on any atom is -0.469 e. The van der Waals surface area contributed by atoms with Gasteiger partial charge in [0.15, 0.2) is 0 Å². The molecule has 0 aromatic heterocycles. The van der Waals surface area contributed by atoms with Gasteiger partial charge in [0.05, 0.1) is 19.3 Å². The number of carbonyl (C=O) groups is 2. The van der Waals surface area contributed by atoms with Crippen molar-refractivity contribution < 1.29 is 29.3 Å². The van der Waals surface area contributed by atoms with E-state index in [0.29, 0.717) is 25.2 Å². The predicted octanol–water partition coefficient (Wildman–Crippen LogP) is 4.92. The maximum Gasteiger partial charge on any atom is 0.404 e. The molecule has 0 heterocycles. The Morgan fingerprint density at radius 1 is 1.12 bits per heavy atom. The molecule has 7 heteroatoms. The highest BCUT2D eigenvalue weighted by molar-refractivity contribution is 6.61. The first-order chi connectivity index (χ1) is 15.5. The van der Waals surface area contributed by atoms with Crippen molar-refractivity contribution in [1.82, 2.24) is 0 Å². The molecule has 33 heavy (non-hydrogen) atoms. The first-order valence-corrected chi connectivity index (χ1v) is 13.2. The quantitative estimate of drug-likeness (QED) is 0.425. The summed E-state index contributed by atoms with van der Waals surface area (Å²) < 4.78 is 10.5. The van der Waals surface area contributed by atoms with Gasteiger partial charge in [-0.1, -0.05) is 33.6 Å². The van der Waals surface area contributed by atoms with E-state index in [4.69, 9.17) is 21.1 Å². The molecular weight excluding hydrogens is 444 g/mol. The second-order valence-corrected chi connectivity index (χ2v) is 12.2. The summed E-state index contributed by atoms with van der Waals surface area (Å²) in [5.41, 5.74) is -1.22. The number of hydrogen-bond acceptors (Lipinski definition) is 6. The topological polar surface area (TPSA) is 93.1 Å². The summed E-state index contributed by atoms with van der Waals surface area (Å²) in [7, 11) is 1.38. The molecule has 2 N–H and O–H groups in total. The third-order valence-electron chi connectivity index (χ3n) is 10.7. The minimum atomic E-state index is -0.832. The van der Waals surface area contributed by atoms with E-state index in [1.807, 2.05) is 0 Å². The van der Waals surface area contributed by atoms with Crippen LogP contribution >= 0.6 is 11.6 Å². The van der Waals surface area contributed by atoms with Crippen molar-refractivity contribution in [3.63, 3.8) is 0 Å². The lowest BCUT2D eigenvalue weighted by atomic mass is 9.43. The Balaban J connectivity index is 1.68. The number of aliphatic hydroxyl groups is 2. The molecule has 0 bridgehead atoms. The minimum absolute atomic E-state index is 0.0186. The normalized spacial score (nSPS) is 47.6. The van der Waals surface area contributed by atoms with Crippen molar-refractivity contribution in [2.75, 3.05) is 7.11 Å². The number of rotatable bonds is 5. The number of esters is 1. The summed E-state index contributed by atoms with van der Waals surface area (Å²) in [6, 6.07) is 0. The summed E-state index contributed by atoms with van der Waals surface area (Å²) in [6.07, 6.45) is 6.30. The van der Waals surface area contributed by atoms with Crippen LogP contribution in [0.2, 0.25) is 0 Å². The Labute approximate surface area is 202 Å². The lowest BCUT2D eigenvalue weighted by Crippen LogP contribution is -2.62. The van der Waals surface area contributed by atoms with Crippen LogP contribution in [-0.4, -0.2) is 47.0 Å². The first-order valence-electron chi connectivity index (χ1n) is 12.8. The van der Waals surface area contributed by atoms with Gasteiger partial charge in [-0.05, 0) is 73.5 Å². The van der Waals surface area contributed by atoms with Gasteiger partial charge in [-0.3, -0.25) is 4.79 Å². The number of fused-ring (bicyclic) bond motifs is 5. The average molecular weight is 485 g/mol. The summed E-state index contributed by atoms with van der Waals surface area (Å²) in [5, 5.41) is 23.1. The molecule has 4 fully saturated rings. The van der Waals surface area contributed by atoms with E-state index in [2.05, 4.69) is 20.8 Å². The molecule has 4 aliphatic rings. The van der Waals surface area contributed by atoms with E-state index < -0.39 is 29.2 Å². The molecule has 4 saturated carbocycles. The summed E-state index contributed by atoms with van der Waals surface area (Å²) in [5.74, 6) is 0.484. The molecular formula is C26H41ClO6. The van der Waals surface area contributed by atoms with Gasteiger partial charge < -0.3 is 19.7 Å². The fraction of sp³-hybridized carbons (Fsp3) is 0.923. The molecule has 4 rings (SSSR count). The second kappa shape index (κ2) is 9.31. The van der Waals surface area contributed by atoms with Gasteiger partial charge in [0.1, 0.15) is 6.10 Å². The van der Waals surface area contributed by atoms with Crippen LogP contribution in [0.15, 0.2) is 0 Å². The molecule has 0 aromatic rings. The first kappa shape index (κ1) is 25.2. The number of hydrogen-bond donors (Lipinski definition) is 2. The molecule has 6 nitrogen and oxygen atoms in total. The number of ether oxygens (including phenoxy) is 2. The zero-order valence-corrected chi connectivity index (χ0v) is 21.2. The predicted molar refractivity (Wildman–Crippen MR) is 125 cm³/mol. The van der Waals surface area contributed by atoms with E-state index >= 15 is 0 Å². The highest BCUT2D eigenvalue weighted by Crippen LogP contribution is 2.68. The van der Waals surface area contributed by atoms with E-state index in [9.17, 15) is 19.8 Å². The zero-order chi connectivity index (χ0) is 24.1. The van der Waals surface area contributed by atoms with Crippen LogP contribution in [0.5, 0.6) is 0 Å². The van der Waals surface area contributed by atoms with Crippen molar-refractivity contribution >= 4 is 23.0 Å². The molecule has 11 atom stereocenters. The van der Waals surface area contributed by atoms with Crippen molar-refractivity contribution in [1.29, 1.82) is 0 Å². The largest absolute Gasteiger partial charge is 0.469 e. The molecule has 0 spiro atoms. The third-order valence-corrected chi connectivity index (χ3v) is 10.8. The number of carbonyl (C=O) groups excluding carboxylic acids is 2. The van der Waals surface area contributed by atoms with Gasteiger partial charge in [0.25, 0.3) is 0 Å². The average Bonchev–Trinajstić information content (AvgIpc) is 3.05. The lowest BCUT2D eigenvalue weighted by molar-refractivity contribution is -0.202. The van der Waals surface area contributed by atoms with Crippen molar-refractivity contribution in [3.05, 3.63) is 0 Å². The standard InChI is InChI=1S/C26H41ClO6/c1-14(8-9-21(30)32-4)23-19(33-24(27)31)12-17-22-16(13-20(29)26(17,23)3)25(2)10-6-5-7-15(25)11-18(22)28/h14-20,22-23,28-29H,5-13H2,1-4H3/t14-,15?,16+,17+,18?,19?,20?,22-,23+,25+,26-/m1/s1. The second-order valence-electron chi connectivity index (χ2n) is 11.9. The van der Waals surface area contributed by atoms with E-state index in [0.717, 1.165) is 19.3 Å². The summed E-state index contributed by atoms with van der Waals surface area (Å²) in [4.78, 5) is 23.6. The summed E-state index contributed by atoms with van der Waals surface area (Å²) >= 11 is 5.69. The van der Waals surface area contributed by atoms with E-state index in [1.165, 1.54) is 20.0 Å². The molecule has 4 aliphatic carbocycles. The van der Waals surface area contributed by atoms with Crippen molar-refractivity contribution in [2.24, 2.45) is 46.3 Å². The number of methoxy groups -OCH3 is 1. The fourth-order valence-corrected chi connectivity index (χ4v) is 9.23. The van der Waals surface area contributed by atoms with Crippen LogP contribution in [0.25, 0.3) is 0 Å². The van der Waals surface area contributed by atoms with Gasteiger partial charge in [-0.15, -0.1) is 0 Å². The Morgan fingerprint density at radius 2 is 1.85 bits per heavy atom.